The fraction of sp³-hybridized carbons (Fsp3) is 0.818. The summed E-state index contributed by atoms with van der Waals surface area (Å²) in [5, 5.41) is 0. The zero-order valence-corrected chi connectivity index (χ0v) is 8.89. The van der Waals surface area contributed by atoms with Gasteiger partial charge < -0.3 is 11.5 Å². The summed E-state index contributed by atoms with van der Waals surface area (Å²) in [6, 6.07) is 0. The maximum atomic E-state index is 5.44. The van der Waals surface area contributed by atoms with Crippen molar-refractivity contribution in [3.05, 3.63) is 12.2 Å². The van der Waals surface area contributed by atoms with Crippen LogP contribution in [0, 0.1) is 5.92 Å². The molecule has 0 aromatic carbocycles. The molecular formula is C11H24N2. The number of allylic oxidation sites excluding steroid dienone is 1. The molecule has 0 spiro atoms. The van der Waals surface area contributed by atoms with E-state index < -0.39 is 0 Å². The highest BCUT2D eigenvalue weighted by molar-refractivity contribution is 4.98. The lowest BCUT2D eigenvalue weighted by Crippen LogP contribution is -2.04. The highest BCUT2D eigenvalue weighted by Gasteiger charge is 2.05. The minimum atomic E-state index is 0.637. The Morgan fingerprint density at radius 1 is 1.15 bits per heavy atom. The van der Waals surface area contributed by atoms with E-state index in [1.54, 1.807) is 0 Å². The third-order valence-electron chi connectivity index (χ3n) is 2.49. The van der Waals surface area contributed by atoms with E-state index in [0.29, 0.717) is 5.92 Å². The third kappa shape index (κ3) is 6.79. The van der Waals surface area contributed by atoms with Crippen molar-refractivity contribution in [2.75, 3.05) is 13.1 Å². The molecule has 0 heterocycles. The van der Waals surface area contributed by atoms with Gasteiger partial charge in [0, 0.05) is 0 Å². The Labute approximate surface area is 82.4 Å². The van der Waals surface area contributed by atoms with Gasteiger partial charge in [0.05, 0.1) is 0 Å². The predicted octanol–water partition coefficient (Wildman–Crippen LogP) is 2.05. The van der Waals surface area contributed by atoms with Gasteiger partial charge in [-0.3, -0.25) is 0 Å². The van der Waals surface area contributed by atoms with Gasteiger partial charge in [-0.05, 0) is 44.7 Å². The van der Waals surface area contributed by atoms with E-state index in [1.165, 1.54) is 18.4 Å². The molecule has 2 heteroatoms. The third-order valence-corrected chi connectivity index (χ3v) is 2.49. The van der Waals surface area contributed by atoms with Gasteiger partial charge in [-0.1, -0.05) is 25.5 Å². The lowest BCUT2D eigenvalue weighted by Gasteiger charge is -2.13. The van der Waals surface area contributed by atoms with E-state index in [4.69, 9.17) is 11.5 Å². The van der Waals surface area contributed by atoms with Crippen LogP contribution in [0.5, 0.6) is 0 Å². The number of nitrogens with two attached hydrogens (primary N) is 2. The van der Waals surface area contributed by atoms with Crippen LogP contribution in [-0.4, -0.2) is 13.1 Å². The molecule has 1 unspecified atom stereocenters. The van der Waals surface area contributed by atoms with Crippen molar-refractivity contribution in [2.45, 2.75) is 39.0 Å². The van der Waals surface area contributed by atoms with Gasteiger partial charge >= 0.3 is 0 Å². The fourth-order valence-corrected chi connectivity index (χ4v) is 1.37. The predicted molar refractivity (Wildman–Crippen MR) is 59.5 cm³/mol. The molecule has 2 nitrogen and oxygen atoms in total. The molecule has 0 rings (SSSR count). The topological polar surface area (TPSA) is 52.0 Å². The average molecular weight is 184 g/mol. The number of hydrogen-bond acceptors (Lipinski definition) is 2. The van der Waals surface area contributed by atoms with E-state index in [0.717, 1.165) is 32.4 Å². The number of rotatable bonds is 8. The standard InChI is InChI=1S/C11H24N2/c1-10(6-3-4-8-12)11(2)7-5-9-13/h10H,2-9,12-13H2,1H3. The van der Waals surface area contributed by atoms with Gasteiger partial charge in [-0.2, -0.15) is 0 Å². The van der Waals surface area contributed by atoms with Crippen LogP contribution >= 0.6 is 0 Å². The maximum Gasteiger partial charge on any atom is -0.00742 e. The first-order valence-corrected chi connectivity index (χ1v) is 5.30. The minimum absolute atomic E-state index is 0.637. The Bertz CT molecular complexity index is 132. The lowest BCUT2D eigenvalue weighted by atomic mass is 9.93. The maximum absolute atomic E-state index is 5.44. The molecule has 1 atom stereocenters. The second kappa shape index (κ2) is 8.27. The Morgan fingerprint density at radius 3 is 2.31 bits per heavy atom. The number of hydrogen-bond donors (Lipinski definition) is 2. The quantitative estimate of drug-likeness (QED) is 0.448. The Hall–Kier alpha value is -0.340. The molecule has 4 N–H and O–H groups in total. The second-order valence-corrected chi connectivity index (χ2v) is 3.74. The van der Waals surface area contributed by atoms with Gasteiger partial charge in [0.1, 0.15) is 0 Å². The van der Waals surface area contributed by atoms with Crippen LogP contribution in [0.1, 0.15) is 39.0 Å². The normalized spacial score (nSPS) is 12.8. The van der Waals surface area contributed by atoms with Crippen LogP contribution in [0.25, 0.3) is 0 Å². The number of unbranched alkanes of at least 4 members (excludes halogenated alkanes) is 1. The summed E-state index contributed by atoms with van der Waals surface area (Å²) in [6.07, 6.45) is 5.73. The SMILES string of the molecule is C=C(CCCN)C(C)CCCCN. The Kier molecular flexibility index (Phi) is 8.05. The first kappa shape index (κ1) is 12.7. The van der Waals surface area contributed by atoms with Gasteiger partial charge in [-0.25, -0.2) is 0 Å². The molecule has 0 aliphatic carbocycles. The van der Waals surface area contributed by atoms with Crippen LogP contribution in [0.4, 0.5) is 0 Å². The zero-order chi connectivity index (χ0) is 10.1. The lowest BCUT2D eigenvalue weighted by molar-refractivity contribution is 0.543. The van der Waals surface area contributed by atoms with Crippen molar-refractivity contribution in [2.24, 2.45) is 17.4 Å². The van der Waals surface area contributed by atoms with E-state index in [9.17, 15) is 0 Å². The molecule has 0 aliphatic rings. The Balaban J connectivity index is 3.45. The fourth-order valence-electron chi connectivity index (χ4n) is 1.37. The summed E-state index contributed by atoms with van der Waals surface area (Å²) in [7, 11) is 0. The molecular weight excluding hydrogens is 160 g/mol. The van der Waals surface area contributed by atoms with Crippen molar-refractivity contribution in [3.8, 4) is 0 Å². The van der Waals surface area contributed by atoms with Crippen LogP contribution in [0.3, 0.4) is 0 Å². The zero-order valence-electron chi connectivity index (χ0n) is 8.89. The summed E-state index contributed by atoms with van der Waals surface area (Å²) in [6.45, 7) is 7.91. The molecule has 0 aromatic heterocycles. The van der Waals surface area contributed by atoms with E-state index in [-0.39, 0.29) is 0 Å². The summed E-state index contributed by atoms with van der Waals surface area (Å²) in [5.41, 5.74) is 12.2. The average Bonchev–Trinajstić information content (AvgIpc) is 2.14. The van der Waals surface area contributed by atoms with Crippen molar-refractivity contribution in [1.82, 2.24) is 0 Å². The van der Waals surface area contributed by atoms with Crippen molar-refractivity contribution in [1.29, 1.82) is 0 Å². The molecule has 0 radical (unpaired) electrons. The van der Waals surface area contributed by atoms with Crippen molar-refractivity contribution in [3.63, 3.8) is 0 Å². The molecule has 0 bridgehead atoms. The summed E-state index contributed by atoms with van der Waals surface area (Å²) in [5.74, 6) is 0.637. The highest BCUT2D eigenvalue weighted by atomic mass is 14.5. The first-order chi connectivity index (χ1) is 6.22. The summed E-state index contributed by atoms with van der Waals surface area (Å²) < 4.78 is 0. The van der Waals surface area contributed by atoms with E-state index in [1.807, 2.05) is 0 Å². The molecule has 0 saturated heterocycles. The highest BCUT2D eigenvalue weighted by Crippen LogP contribution is 2.19. The van der Waals surface area contributed by atoms with Crippen LogP contribution < -0.4 is 11.5 Å². The summed E-state index contributed by atoms with van der Waals surface area (Å²) >= 11 is 0. The minimum Gasteiger partial charge on any atom is -0.330 e. The summed E-state index contributed by atoms with van der Waals surface area (Å²) in [4.78, 5) is 0. The molecule has 0 saturated carbocycles. The van der Waals surface area contributed by atoms with E-state index in [2.05, 4.69) is 13.5 Å². The van der Waals surface area contributed by atoms with Gasteiger partial charge in [0.25, 0.3) is 0 Å². The second-order valence-electron chi connectivity index (χ2n) is 3.74. The van der Waals surface area contributed by atoms with Crippen molar-refractivity contribution >= 4 is 0 Å². The Morgan fingerprint density at radius 2 is 1.77 bits per heavy atom. The van der Waals surface area contributed by atoms with E-state index >= 15 is 0 Å². The molecule has 13 heavy (non-hydrogen) atoms. The molecule has 78 valence electrons. The molecule has 0 aliphatic heterocycles. The van der Waals surface area contributed by atoms with Crippen molar-refractivity contribution < 1.29 is 0 Å². The van der Waals surface area contributed by atoms with Gasteiger partial charge in [-0.15, -0.1) is 0 Å². The largest absolute Gasteiger partial charge is 0.330 e. The van der Waals surface area contributed by atoms with Gasteiger partial charge in [0.2, 0.25) is 0 Å². The van der Waals surface area contributed by atoms with Crippen LogP contribution in [-0.2, 0) is 0 Å². The molecule has 0 aromatic rings. The molecule has 0 fully saturated rings. The first-order valence-electron chi connectivity index (χ1n) is 5.30. The smallest absolute Gasteiger partial charge is 0.00742 e. The van der Waals surface area contributed by atoms with Crippen LogP contribution in [0.15, 0.2) is 12.2 Å². The molecule has 0 amide bonds. The van der Waals surface area contributed by atoms with Gasteiger partial charge in [0.15, 0.2) is 0 Å². The monoisotopic (exact) mass is 184 g/mol. The van der Waals surface area contributed by atoms with Crippen LogP contribution in [0.2, 0.25) is 0 Å².